The molecule has 0 heteroatoms. The van der Waals surface area contributed by atoms with Crippen molar-refractivity contribution in [3.63, 3.8) is 0 Å². The fourth-order valence-corrected chi connectivity index (χ4v) is 3.90. The van der Waals surface area contributed by atoms with Crippen molar-refractivity contribution in [3.8, 4) is 0 Å². The maximum Gasteiger partial charge on any atom is -0.0152 e. The summed E-state index contributed by atoms with van der Waals surface area (Å²) >= 11 is 0. The molecule has 0 nitrogen and oxygen atoms in total. The van der Waals surface area contributed by atoms with Gasteiger partial charge in [-0.15, -0.1) is 0 Å². The molecule has 0 spiro atoms. The first-order chi connectivity index (χ1) is 12.3. The maximum atomic E-state index is 2.34. The summed E-state index contributed by atoms with van der Waals surface area (Å²) in [6, 6.07) is 13.4. The largest absolute Gasteiger partial charge is 0.0654 e. The SMILES string of the molecule is CCCCCCCCCCCCCCc1ccc2ccccc2c1C. The zero-order valence-corrected chi connectivity index (χ0v) is 16.7. The van der Waals surface area contributed by atoms with Crippen molar-refractivity contribution >= 4 is 10.8 Å². The first-order valence-corrected chi connectivity index (χ1v) is 10.8. The lowest BCUT2D eigenvalue weighted by atomic mass is 9.96. The Bertz CT molecular complexity index is 596. The molecule has 2 aromatic rings. The van der Waals surface area contributed by atoms with Crippen LogP contribution in [0.2, 0.25) is 0 Å². The third-order valence-electron chi connectivity index (χ3n) is 5.61. The van der Waals surface area contributed by atoms with Gasteiger partial charge in [0.1, 0.15) is 0 Å². The Morgan fingerprint density at radius 1 is 0.600 bits per heavy atom. The lowest BCUT2D eigenvalue weighted by Crippen LogP contribution is -1.92. The van der Waals surface area contributed by atoms with Gasteiger partial charge in [-0.25, -0.2) is 0 Å². The van der Waals surface area contributed by atoms with E-state index in [-0.39, 0.29) is 0 Å². The van der Waals surface area contributed by atoms with Gasteiger partial charge in [-0.2, -0.15) is 0 Å². The molecule has 0 saturated carbocycles. The van der Waals surface area contributed by atoms with Crippen LogP contribution in [-0.2, 0) is 6.42 Å². The van der Waals surface area contributed by atoms with Gasteiger partial charge in [-0.3, -0.25) is 0 Å². The summed E-state index contributed by atoms with van der Waals surface area (Å²) in [5.74, 6) is 0. The van der Waals surface area contributed by atoms with Crippen LogP contribution < -0.4 is 0 Å². The summed E-state index contributed by atoms with van der Waals surface area (Å²) in [6.07, 6.45) is 18.3. The minimum absolute atomic E-state index is 1.24. The van der Waals surface area contributed by atoms with E-state index < -0.39 is 0 Å². The fraction of sp³-hybridized carbons (Fsp3) is 0.600. The van der Waals surface area contributed by atoms with Crippen molar-refractivity contribution in [2.45, 2.75) is 97.3 Å². The average Bonchev–Trinajstić information content (AvgIpc) is 2.64. The van der Waals surface area contributed by atoms with Crippen molar-refractivity contribution in [3.05, 3.63) is 47.5 Å². The summed E-state index contributed by atoms with van der Waals surface area (Å²) in [6.45, 7) is 4.58. The standard InChI is InChI=1S/C25H38/c1-3-4-5-6-7-8-9-10-11-12-13-14-17-23-20-21-24-18-15-16-19-25(24)22(23)2/h15-16,18-21H,3-14,17H2,1-2H3. The third kappa shape index (κ3) is 7.22. The van der Waals surface area contributed by atoms with E-state index in [0.717, 1.165) is 0 Å². The maximum absolute atomic E-state index is 2.34. The van der Waals surface area contributed by atoms with Crippen molar-refractivity contribution in [1.29, 1.82) is 0 Å². The highest BCUT2D eigenvalue weighted by molar-refractivity contribution is 5.86. The first kappa shape index (κ1) is 20.0. The van der Waals surface area contributed by atoms with E-state index in [0.29, 0.717) is 0 Å². The molecule has 0 fully saturated rings. The van der Waals surface area contributed by atoms with Gasteiger partial charge in [0.15, 0.2) is 0 Å². The van der Waals surface area contributed by atoms with Crippen LogP contribution in [0.25, 0.3) is 10.8 Å². The van der Waals surface area contributed by atoms with Crippen LogP contribution in [0.5, 0.6) is 0 Å². The zero-order chi connectivity index (χ0) is 17.7. The van der Waals surface area contributed by atoms with Gasteiger partial charge in [0.2, 0.25) is 0 Å². The van der Waals surface area contributed by atoms with Crippen LogP contribution in [0.4, 0.5) is 0 Å². The predicted molar refractivity (Wildman–Crippen MR) is 113 cm³/mol. The Morgan fingerprint density at radius 3 is 1.80 bits per heavy atom. The van der Waals surface area contributed by atoms with E-state index in [4.69, 9.17) is 0 Å². The van der Waals surface area contributed by atoms with Gasteiger partial charge in [0.05, 0.1) is 0 Å². The van der Waals surface area contributed by atoms with Gasteiger partial charge in [-0.05, 0) is 41.7 Å². The Labute approximate surface area is 156 Å². The average molecular weight is 339 g/mol. The van der Waals surface area contributed by atoms with E-state index in [1.807, 2.05) is 0 Å². The summed E-state index contributed by atoms with van der Waals surface area (Å²) < 4.78 is 0. The minimum atomic E-state index is 1.24. The second kappa shape index (κ2) is 12.1. The number of aryl methyl sites for hydroxylation is 2. The summed E-state index contributed by atoms with van der Waals surface area (Å²) in [7, 11) is 0. The molecule has 138 valence electrons. The second-order valence-electron chi connectivity index (χ2n) is 7.71. The Kier molecular flexibility index (Phi) is 9.70. The molecular weight excluding hydrogens is 300 g/mol. The molecule has 0 heterocycles. The van der Waals surface area contributed by atoms with Crippen LogP contribution >= 0.6 is 0 Å². The third-order valence-corrected chi connectivity index (χ3v) is 5.61. The summed E-state index contributed by atoms with van der Waals surface area (Å²) in [5, 5.41) is 2.80. The predicted octanol–water partition coefficient (Wildman–Crippen LogP) is 8.39. The smallest absolute Gasteiger partial charge is 0.0152 e. The molecule has 2 rings (SSSR count). The molecule has 0 aromatic heterocycles. The monoisotopic (exact) mass is 338 g/mol. The number of unbranched alkanes of at least 4 members (excludes halogenated alkanes) is 11. The van der Waals surface area contributed by atoms with Gasteiger partial charge in [0.25, 0.3) is 0 Å². The van der Waals surface area contributed by atoms with Crippen molar-refractivity contribution in [2.24, 2.45) is 0 Å². The molecule has 0 aliphatic rings. The van der Waals surface area contributed by atoms with E-state index in [1.54, 1.807) is 5.56 Å². The van der Waals surface area contributed by atoms with Crippen molar-refractivity contribution in [2.75, 3.05) is 0 Å². The van der Waals surface area contributed by atoms with E-state index in [1.165, 1.54) is 99.8 Å². The molecule has 0 bridgehead atoms. The number of benzene rings is 2. The van der Waals surface area contributed by atoms with Crippen LogP contribution in [0.3, 0.4) is 0 Å². The molecule has 0 amide bonds. The molecule has 2 aromatic carbocycles. The van der Waals surface area contributed by atoms with Crippen LogP contribution in [0.15, 0.2) is 36.4 Å². The molecule has 0 atom stereocenters. The second-order valence-corrected chi connectivity index (χ2v) is 7.71. The molecule has 0 radical (unpaired) electrons. The number of rotatable bonds is 13. The van der Waals surface area contributed by atoms with Crippen LogP contribution in [0, 0.1) is 6.92 Å². The van der Waals surface area contributed by atoms with Gasteiger partial charge < -0.3 is 0 Å². The van der Waals surface area contributed by atoms with E-state index in [2.05, 4.69) is 50.2 Å². The Balaban J connectivity index is 1.53. The highest BCUT2D eigenvalue weighted by Crippen LogP contribution is 2.23. The normalized spacial score (nSPS) is 11.3. The van der Waals surface area contributed by atoms with E-state index >= 15 is 0 Å². The molecule has 0 aliphatic carbocycles. The van der Waals surface area contributed by atoms with Gasteiger partial charge >= 0.3 is 0 Å². The molecule has 0 N–H and O–H groups in total. The highest BCUT2D eigenvalue weighted by atomic mass is 14.1. The number of hydrogen-bond donors (Lipinski definition) is 0. The lowest BCUT2D eigenvalue weighted by molar-refractivity contribution is 0.544. The highest BCUT2D eigenvalue weighted by Gasteiger charge is 2.03. The number of hydrogen-bond acceptors (Lipinski definition) is 0. The molecule has 25 heavy (non-hydrogen) atoms. The van der Waals surface area contributed by atoms with Crippen LogP contribution in [-0.4, -0.2) is 0 Å². The molecule has 0 saturated heterocycles. The molecular formula is C25H38. The Hall–Kier alpha value is -1.30. The van der Waals surface area contributed by atoms with Crippen molar-refractivity contribution in [1.82, 2.24) is 0 Å². The van der Waals surface area contributed by atoms with E-state index in [9.17, 15) is 0 Å². The topological polar surface area (TPSA) is 0 Å². The molecule has 0 aliphatic heterocycles. The van der Waals surface area contributed by atoms with Gasteiger partial charge in [0, 0.05) is 0 Å². The van der Waals surface area contributed by atoms with Crippen LogP contribution in [0.1, 0.15) is 95.1 Å². The van der Waals surface area contributed by atoms with Gasteiger partial charge in [-0.1, -0.05) is 114 Å². The zero-order valence-electron chi connectivity index (χ0n) is 16.7. The van der Waals surface area contributed by atoms with Crippen molar-refractivity contribution < 1.29 is 0 Å². The summed E-state index contributed by atoms with van der Waals surface area (Å²) in [4.78, 5) is 0. The quantitative estimate of drug-likeness (QED) is 0.322. The number of fused-ring (bicyclic) bond motifs is 1. The first-order valence-electron chi connectivity index (χ1n) is 10.8. The molecule has 0 unspecified atom stereocenters. The minimum Gasteiger partial charge on any atom is -0.0654 e. The Morgan fingerprint density at radius 2 is 1.16 bits per heavy atom. The fourth-order valence-electron chi connectivity index (χ4n) is 3.90. The summed E-state index contributed by atoms with van der Waals surface area (Å²) in [5.41, 5.74) is 3.03. The lowest BCUT2D eigenvalue weighted by Gasteiger charge is -2.09.